The van der Waals surface area contributed by atoms with Crippen LogP contribution in [-0.2, 0) is 14.3 Å². The van der Waals surface area contributed by atoms with Crippen LogP contribution in [-0.4, -0.2) is 23.1 Å². The molecule has 106 valence electrons. The van der Waals surface area contributed by atoms with E-state index < -0.39 is 5.97 Å². The Kier molecular flexibility index (Phi) is 10.4. The highest BCUT2D eigenvalue weighted by atomic mass is 16.5. The lowest BCUT2D eigenvalue weighted by molar-refractivity contribution is -0.150. The third-order valence-corrected chi connectivity index (χ3v) is 2.77. The van der Waals surface area contributed by atoms with Crippen LogP contribution in [0.1, 0.15) is 71.6 Å². The van der Waals surface area contributed by atoms with Crippen LogP contribution in [0.4, 0.5) is 0 Å². The molecule has 0 heterocycles. The van der Waals surface area contributed by atoms with Crippen molar-refractivity contribution in [1.29, 1.82) is 0 Å². The highest BCUT2D eigenvalue weighted by molar-refractivity contribution is 5.69. The number of esters is 1. The molecule has 0 atom stereocenters. The van der Waals surface area contributed by atoms with Crippen molar-refractivity contribution in [2.45, 2.75) is 77.7 Å². The van der Waals surface area contributed by atoms with Gasteiger partial charge in [0.15, 0.2) is 0 Å². The van der Waals surface area contributed by atoms with Crippen molar-refractivity contribution >= 4 is 11.9 Å². The molecule has 0 aromatic carbocycles. The molecule has 1 aliphatic carbocycles. The summed E-state index contributed by atoms with van der Waals surface area (Å²) in [5.74, 6) is -0.720. The number of aliphatic carboxylic acids is 1. The fraction of sp³-hybridized carbons (Fsp3) is 0.857. The lowest BCUT2D eigenvalue weighted by Gasteiger charge is -2.21. The van der Waals surface area contributed by atoms with Crippen LogP contribution in [0.5, 0.6) is 0 Å². The zero-order valence-electron chi connectivity index (χ0n) is 11.6. The minimum Gasteiger partial charge on any atom is -0.481 e. The molecular formula is C14H26O4. The van der Waals surface area contributed by atoms with Crippen LogP contribution < -0.4 is 0 Å². The molecule has 1 N–H and O–H groups in total. The average Bonchev–Trinajstić information content (AvgIpc) is 2.31. The lowest BCUT2D eigenvalue weighted by Crippen LogP contribution is -2.20. The van der Waals surface area contributed by atoms with E-state index >= 15 is 0 Å². The monoisotopic (exact) mass is 258 g/mol. The standard InChI is InChI=1S/C10H18O2.C4H8O2/c1-2-6-10(11)12-9-7-4-3-5-8-9;1-2-3-4(5)6/h9H,2-8H2,1H3;2-3H2,1H3,(H,5,6). The first-order valence-electron chi connectivity index (χ1n) is 7.01. The summed E-state index contributed by atoms with van der Waals surface area (Å²) < 4.78 is 5.29. The van der Waals surface area contributed by atoms with Crippen molar-refractivity contribution < 1.29 is 19.4 Å². The first-order valence-corrected chi connectivity index (χ1v) is 7.01. The van der Waals surface area contributed by atoms with Gasteiger partial charge in [-0.1, -0.05) is 20.3 Å². The Labute approximate surface area is 110 Å². The molecule has 0 bridgehead atoms. The molecular weight excluding hydrogens is 232 g/mol. The molecule has 0 amide bonds. The molecule has 1 aliphatic rings. The van der Waals surface area contributed by atoms with Gasteiger partial charge in [0.2, 0.25) is 0 Å². The normalized spacial score (nSPS) is 15.4. The van der Waals surface area contributed by atoms with E-state index in [0.717, 1.165) is 25.7 Å². The number of ether oxygens (including phenoxy) is 1. The zero-order valence-corrected chi connectivity index (χ0v) is 11.6. The number of hydrogen-bond donors (Lipinski definition) is 1. The SMILES string of the molecule is CCCC(=O)O.CCCC(=O)OC1CCCCC1. The van der Waals surface area contributed by atoms with Crippen molar-refractivity contribution in [2.75, 3.05) is 0 Å². The van der Waals surface area contributed by atoms with Gasteiger partial charge in [-0.15, -0.1) is 0 Å². The molecule has 1 rings (SSSR count). The topological polar surface area (TPSA) is 63.6 Å². The highest BCUT2D eigenvalue weighted by Crippen LogP contribution is 2.20. The second kappa shape index (κ2) is 11.1. The van der Waals surface area contributed by atoms with Crippen molar-refractivity contribution in [2.24, 2.45) is 0 Å². The summed E-state index contributed by atoms with van der Waals surface area (Å²) in [6.45, 7) is 3.84. The van der Waals surface area contributed by atoms with Crippen LogP contribution in [0.3, 0.4) is 0 Å². The summed E-state index contributed by atoms with van der Waals surface area (Å²) in [6, 6.07) is 0. The Morgan fingerprint density at radius 1 is 1.06 bits per heavy atom. The Balaban J connectivity index is 0.000000411. The summed E-state index contributed by atoms with van der Waals surface area (Å²) >= 11 is 0. The number of rotatable bonds is 5. The maximum Gasteiger partial charge on any atom is 0.306 e. The van der Waals surface area contributed by atoms with Crippen molar-refractivity contribution in [1.82, 2.24) is 0 Å². The van der Waals surface area contributed by atoms with Crippen LogP contribution >= 0.6 is 0 Å². The second-order valence-corrected chi connectivity index (χ2v) is 4.64. The number of hydrogen-bond acceptors (Lipinski definition) is 3. The van der Waals surface area contributed by atoms with E-state index in [2.05, 4.69) is 0 Å². The molecule has 1 fully saturated rings. The average molecular weight is 258 g/mol. The fourth-order valence-corrected chi connectivity index (χ4v) is 1.85. The van der Waals surface area contributed by atoms with Gasteiger partial charge in [-0.2, -0.15) is 0 Å². The lowest BCUT2D eigenvalue weighted by atomic mass is 9.98. The molecule has 4 nitrogen and oxygen atoms in total. The van der Waals surface area contributed by atoms with Crippen LogP contribution in [0.25, 0.3) is 0 Å². The highest BCUT2D eigenvalue weighted by Gasteiger charge is 2.16. The first kappa shape index (κ1) is 16.9. The second-order valence-electron chi connectivity index (χ2n) is 4.64. The molecule has 18 heavy (non-hydrogen) atoms. The summed E-state index contributed by atoms with van der Waals surface area (Å²) in [5.41, 5.74) is 0. The maximum absolute atomic E-state index is 11.1. The predicted molar refractivity (Wildman–Crippen MR) is 70.4 cm³/mol. The molecule has 0 aliphatic heterocycles. The maximum atomic E-state index is 11.1. The summed E-state index contributed by atoms with van der Waals surface area (Å²) in [4.78, 5) is 20.7. The van der Waals surface area contributed by atoms with Gasteiger partial charge in [0.05, 0.1) is 0 Å². The van der Waals surface area contributed by atoms with E-state index in [1.165, 1.54) is 19.3 Å². The number of carboxylic acids is 1. The van der Waals surface area contributed by atoms with Gasteiger partial charge >= 0.3 is 11.9 Å². The Morgan fingerprint density at radius 3 is 2.00 bits per heavy atom. The summed E-state index contributed by atoms with van der Waals surface area (Å²) in [5, 5.41) is 7.91. The van der Waals surface area contributed by atoms with Crippen LogP contribution in [0.2, 0.25) is 0 Å². The number of carboxylic acid groups (broad SMARTS) is 1. The zero-order chi connectivity index (χ0) is 13.8. The Morgan fingerprint density at radius 2 is 1.61 bits per heavy atom. The first-order chi connectivity index (χ1) is 8.60. The van der Waals surface area contributed by atoms with Gasteiger partial charge in [0.25, 0.3) is 0 Å². The number of carbonyl (C=O) groups is 2. The van der Waals surface area contributed by atoms with Gasteiger partial charge in [-0.05, 0) is 38.5 Å². The third-order valence-electron chi connectivity index (χ3n) is 2.77. The largest absolute Gasteiger partial charge is 0.481 e. The van der Waals surface area contributed by atoms with Gasteiger partial charge in [0, 0.05) is 12.8 Å². The van der Waals surface area contributed by atoms with E-state index in [9.17, 15) is 9.59 Å². The minimum atomic E-state index is -0.711. The number of carbonyl (C=O) groups excluding carboxylic acids is 1. The van der Waals surface area contributed by atoms with Gasteiger partial charge in [-0.25, -0.2) is 0 Å². The van der Waals surface area contributed by atoms with E-state index in [4.69, 9.17) is 9.84 Å². The minimum absolute atomic E-state index is 0.00981. The van der Waals surface area contributed by atoms with E-state index in [1.54, 1.807) is 0 Å². The van der Waals surface area contributed by atoms with Crippen LogP contribution in [0.15, 0.2) is 0 Å². The predicted octanol–water partition coefficient (Wildman–Crippen LogP) is 3.53. The van der Waals surface area contributed by atoms with Crippen LogP contribution in [0, 0.1) is 0 Å². The quantitative estimate of drug-likeness (QED) is 0.766. The van der Waals surface area contributed by atoms with E-state index in [1.807, 2.05) is 13.8 Å². The summed E-state index contributed by atoms with van der Waals surface area (Å²) in [6.07, 6.45) is 8.65. The van der Waals surface area contributed by atoms with Crippen molar-refractivity contribution in [3.05, 3.63) is 0 Å². The molecule has 0 saturated heterocycles. The molecule has 0 radical (unpaired) electrons. The molecule has 0 spiro atoms. The fourth-order valence-electron chi connectivity index (χ4n) is 1.85. The third kappa shape index (κ3) is 10.1. The molecule has 0 aromatic heterocycles. The molecule has 4 heteroatoms. The molecule has 1 saturated carbocycles. The summed E-state index contributed by atoms with van der Waals surface area (Å²) in [7, 11) is 0. The van der Waals surface area contributed by atoms with Gasteiger partial charge < -0.3 is 9.84 Å². The van der Waals surface area contributed by atoms with Gasteiger partial charge in [0.1, 0.15) is 6.10 Å². The van der Waals surface area contributed by atoms with E-state index in [0.29, 0.717) is 12.8 Å². The van der Waals surface area contributed by atoms with Gasteiger partial charge in [-0.3, -0.25) is 9.59 Å². The smallest absolute Gasteiger partial charge is 0.306 e. The Hall–Kier alpha value is -1.06. The molecule has 0 unspecified atom stereocenters. The van der Waals surface area contributed by atoms with Crippen molar-refractivity contribution in [3.63, 3.8) is 0 Å². The molecule has 0 aromatic rings. The van der Waals surface area contributed by atoms with Crippen molar-refractivity contribution in [3.8, 4) is 0 Å². The van der Waals surface area contributed by atoms with E-state index in [-0.39, 0.29) is 12.1 Å². The Bertz CT molecular complexity index is 232.